The first kappa shape index (κ1) is 27.0. The minimum Gasteiger partial charge on any atom is -0.493 e. The molecule has 38 heavy (non-hydrogen) atoms. The highest BCUT2D eigenvalue weighted by Crippen LogP contribution is 2.52. The summed E-state index contributed by atoms with van der Waals surface area (Å²) in [6.45, 7) is 3.46. The number of rotatable bonds is 7. The van der Waals surface area contributed by atoms with Crippen LogP contribution in [0.15, 0.2) is 29.2 Å². The van der Waals surface area contributed by atoms with Crippen LogP contribution in [0.2, 0.25) is 0 Å². The largest absolute Gasteiger partial charge is 0.493 e. The molecule has 2 aliphatic carbocycles. The van der Waals surface area contributed by atoms with E-state index < -0.39 is 5.60 Å². The maximum atomic E-state index is 13.6. The van der Waals surface area contributed by atoms with Gasteiger partial charge in [0.15, 0.2) is 11.5 Å². The zero-order valence-corrected chi connectivity index (χ0v) is 23.3. The molecule has 2 atom stereocenters. The second kappa shape index (κ2) is 10.9. The normalized spacial score (nSPS) is 24.6. The molecule has 1 spiro atoms. The first-order valence-corrected chi connectivity index (χ1v) is 14.6. The van der Waals surface area contributed by atoms with Crippen molar-refractivity contribution in [2.75, 3.05) is 27.3 Å². The lowest BCUT2D eigenvalue weighted by Crippen LogP contribution is -2.62. The van der Waals surface area contributed by atoms with E-state index in [0.717, 1.165) is 37.5 Å². The number of pyridine rings is 1. The van der Waals surface area contributed by atoms with Crippen molar-refractivity contribution in [3.8, 4) is 11.5 Å². The molecule has 1 aromatic heterocycles. The molecule has 7 heteroatoms. The highest BCUT2D eigenvalue weighted by atomic mass is 16.5. The summed E-state index contributed by atoms with van der Waals surface area (Å²) in [4.78, 5) is 29.2. The van der Waals surface area contributed by atoms with Crippen molar-refractivity contribution in [1.29, 1.82) is 0 Å². The highest BCUT2D eigenvalue weighted by molar-refractivity contribution is 5.85. The molecule has 1 N–H and O–H groups in total. The van der Waals surface area contributed by atoms with E-state index in [-0.39, 0.29) is 29.3 Å². The number of methoxy groups -OCH3 is 2. The number of piperidine rings is 1. The molecule has 0 radical (unpaired) electrons. The third-order valence-electron chi connectivity index (χ3n) is 9.89. The molecule has 3 fully saturated rings. The predicted molar refractivity (Wildman–Crippen MR) is 149 cm³/mol. The number of amides is 1. The van der Waals surface area contributed by atoms with Crippen molar-refractivity contribution in [2.24, 2.45) is 17.3 Å². The number of carbonyl (C=O) groups excluding carboxylic acids is 1. The summed E-state index contributed by atoms with van der Waals surface area (Å²) in [6, 6.07) is 5.43. The van der Waals surface area contributed by atoms with Gasteiger partial charge in [0.05, 0.1) is 31.8 Å². The Morgan fingerprint density at radius 2 is 1.74 bits per heavy atom. The topological polar surface area (TPSA) is 81.0 Å². The fourth-order valence-corrected chi connectivity index (χ4v) is 7.64. The molecule has 1 amide bonds. The monoisotopic (exact) mass is 524 g/mol. The molecule has 7 nitrogen and oxygen atoms in total. The quantitative estimate of drug-likeness (QED) is 0.542. The summed E-state index contributed by atoms with van der Waals surface area (Å²) in [7, 11) is 3.14. The molecule has 3 aliphatic rings. The van der Waals surface area contributed by atoms with Crippen molar-refractivity contribution in [1.82, 2.24) is 9.47 Å². The van der Waals surface area contributed by atoms with Crippen LogP contribution in [0.25, 0.3) is 10.8 Å². The average molecular weight is 525 g/mol. The van der Waals surface area contributed by atoms with Gasteiger partial charge >= 0.3 is 0 Å². The summed E-state index contributed by atoms with van der Waals surface area (Å²) >= 11 is 0. The van der Waals surface area contributed by atoms with Gasteiger partial charge in [-0.05, 0) is 55.2 Å². The molecule has 2 saturated carbocycles. The molecular formula is C31H44N2O5. The fraction of sp³-hybridized carbons (Fsp3) is 0.677. The Hall–Kier alpha value is -2.54. The van der Waals surface area contributed by atoms with E-state index in [9.17, 15) is 14.7 Å². The van der Waals surface area contributed by atoms with Crippen LogP contribution < -0.4 is 15.0 Å². The van der Waals surface area contributed by atoms with E-state index in [1.807, 2.05) is 17.0 Å². The third-order valence-corrected chi connectivity index (χ3v) is 9.89. The van der Waals surface area contributed by atoms with Gasteiger partial charge in [-0.3, -0.25) is 9.59 Å². The first-order chi connectivity index (χ1) is 18.3. The standard InChI is InChI=1S/C31H44N2O5/c1-22(17-23-9-5-4-6-10-23)28(34)33-16-14-31(36,30(20-33)12-7-8-13-30)21-32-15-11-24-18-26(37-2)27(38-3)19-25(24)29(32)35/h11,15,18-19,22-23,36H,4-10,12-14,16-17,20-21H2,1-3H3. The molecule has 208 valence electrons. The van der Waals surface area contributed by atoms with E-state index in [2.05, 4.69) is 6.92 Å². The SMILES string of the molecule is COc1cc2ccn(CC3(O)CCN(C(=O)C(C)CC4CCCCC4)CC34CCCC4)c(=O)c2cc1OC. The lowest BCUT2D eigenvalue weighted by Gasteiger charge is -2.53. The van der Waals surface area contributed by atoms with Gasteiger partial charge in [0.1, 0.15) is 0 Å². The second-order valence-corrected chi connectivity index (χ2v) is 12.2. The van der Waals surface area contributed by atoms with E-state index in [1.165, 1.54) is 32.1 Å². The van der Waals surface area contributed by atoms with Gasteiger partial charge in [0.25, 0.3) is 5.56 Å². The van der Waals surface area contributed by atoms with Crippen LogP contribution in [0.1, 0.15) is 77.6 Å². The second-order valence-electron chi connectivity index (χ2n) is 12.2. The van der Waals surface area contributed by atoms with Crippen LogP contribution in [0.5, 0.6) is 11.5 Å². The molecule has 2 aromatic rings. The molecule has 2 unspecified atom stereocenters. The maximum absolute atomic E-state index is 13.6. The average Bonchev–Trinajstić information content (AvgIpc) is 3.41. The van der Waals surface area contributed by atoms with Gasteiger partial charge < -0.3 is 24.0 Å². The number of likely N-dealkylation sites (tertiary alicyclic amines) is 1. The van der Waals surface area contributed by atoms with E-state index >= 15 is 0 Å². The van der Waals surface area contributed by atoms with E-state index in [4.69, 9.17) is 9.47 Å². The number of aromatic nitrogens is 1. The summed E-state index contributed by atoms with van der Waals surface area (Å²) in [5, 5.41) is 13.5. The number of hydrogen-bond acceptors (Lipinski definition) is 5. The Bertz CT molecular complexity index is 1210. The molecular weight excluding hydrogens is 480 g/mol. The lowest BCUT2D eigenvalue weighted by molar-refractivity contribution is -0.163. The zero-order chi connectivity index (χ0) is 26.9. The number of nitrogens with zero attached hydrogens (tertiary/aromatic N) is 2. The summed E-state index contributed by atoms with van der Waals surface area (Å²) < 4.78 is 12.5. The molecule has 1 saturated heterocycles. The number of fused-ring (bicyclic) bond motifs is 1. The van der Waals surface area contributed by atoms with Crippen LogP contribution in [0, 0.1) is 17.3 Å². The highest BCUT2D eigenvalue weighted by Gasteiger charge is 2.55. The number of hydrogen-bond donors (Lipinski definition) is 1. The Labute approximate surface area is 226 Å². The fourth-order valence-electron chi connectivity index (χ4n) is 7.64. The van der Waals surface area contributed by atoms with Crippen molar-refractivity contribution in [2.45, 2.75) is 89.7 Å². The molecule has 5 rings (SSSR count). The first-order valence-electron chi connectivity index (χ1n) is 14.6. The Morgan fingerprint density at radius 3 is 2.42 bits per heavy atom. The predicted octanol–water partition coefficient (Wildman–Crippen LogP) is 5.15. The smallest absolute Gasteiger partial charge is 0.258 e. The summed E-state index contributed by atoms with van der Waals surface area (Å²) in [5.74, 6) is 2.03. The Morgan fingerprint density at radius 1 is 1.05 bits per heavy atom. The van der Waals surface area contributed by atoms with Gasteiger partial charge in [-0.25, -0.2) is 0 Å². The number of ether oxygens (including phenoxy) is 2. The molecule has 1 aromatic carbocycles. The van der Waals surface area contributed by atoms with Gasteiger partial charge in [-0.2, -0.15) is 0 Å². The number of carbonyl (C=O) groups is 1. The summed E-state index contributed by atoms with van der Waals surface area (Å²) in [5.41, 5.74) is -1.57. The van der Waals surface area contributed by atoms with E-state index in [0.29, 0.717) is 42.3 Å². The van der Waals surface area contributed by atoms with Gasteiger partial charge in [0.2, 0.25) is 5.91 Å². The molecule has 0 bridgehead atoms. The van der Waals surface area contributed by atoms with Crippen LogP contribution >= 0.6 is 0 Å². The Kier molecular flexibility index (Phi) is 7.77. The summed E-state index contributed by atoms with van der Waals surface area (Å²) in [6.07, 6.45) is 13.5. The number of benzene rings is 1. The van der Waals surface area contributed by atoms with Crippen LogP contribution in [0.4, 0.5) is 0 Å². The van der Waals surface area contributed by atoms with Crippen LogP contribution in [-0.2, 0) is 11.3 Å². The van der Waals surface area contributed by atoms with Gasteiger partial charge in [-0.1, -0.05) is 51.9 Å². The van der Waals surface area contributed by atoms with Crippen LogP contribution in [-0.4, -0.2) is 53.4 Å². The molecule has 1 aliphatic heterocycles. The number of aliphatic hydroxyl groups is 1. The van der Waals surface area contributed by atoms with Gasteiger partial charge in [0, 0.05) is 30.6 Å². The van der Waals surface area contributed by atoms with Gasteiger partial charge in [-0.15, -0.1) is 0 Å². The lowest BCUT2D eigenvalue weighted by atomic mass is 9.65. The Balaban J connectivity index is 1.37. The third kappa shape index (κ3) is 4.94. The van der Waals surface area contributed by atoms with Crippen molar-refractivity contribution in [3.05, 3.63) is 34.7 Å². The maximum Gasteiger partial charge on any atom is 0.258 e. The minimum atomic E-state index is -1.04. The van der Waals surface area contributed by atoms with Crippen LogP contribution in [0.3, 0.4) is 0 Å². The van der Waals surface area contributed by atoms with E-state index in [1.54, 1.807) is 31.0 Å². The zero-order valence-electron chi connectivity index (χ0n) is 23.3. The molecule has 2 heterocycles. The van der Waals surface area contributed by atoms with Crippen molar-refractivity contribution < 1.29 is 19.4 Å². The van der Waals surface area contributed by atoms with Crippen molar-refractivity contribution in [3.63, 3.8) is 0 Å². The van der Waals surface area contributed by atoms with Crippen molar-refractivity contribution >= 4 is 16.7 Å². The minimum absolute atomic E-state index is 0.0258.